The number of fused-ring (bicyclic) bond motifs is 1. The molecule has 2 aliphatic rings. The Morgan fingerprint density at radius 1 is 1.00 bits per heavy atom. The molecule has 0 saturated carbocycles. The SMILES string of the molecule is CCCC(CC(=O)C1[C@H]2CC=C[C@H]2CN1C(=O)[C@@H](NC(=O)[C@@H](CC(=O)c1cnccn1)C(C)C)C(C)C)C(O)C(=O)C[C@H](C)CC. The number of rotatable bonds is 18. The maximum atomic E-state index is 14.3. The van der Waals surface area contributed by atoms with E-state index in [4.69, 9.17) is 0 Å². The fraction of sp³-hybridized carbons (Fsp3) is 0.694. The van der Waals surface area contributed by atoms with E-state index >= 15 is 0 Å². The van der Waals surface area contributed by atoms with Crippen molar-refractivity contribution in [1.29, 1.82) is 0 Å². The average Bonchev–Trinajstić information content (AvgIpc) is 3.63. The zero-order valence-corrected chi connectivity index (χ0v) is 28.6. The Hall–Kier alpha value is -3.27. The smallest absolute Gasteiger partial charge is 0.246 e. The van der Waals surface area contributed by atoms with Crippen molar-refractivity contribution in [2.24, 2.45) is 41.4 Å². The van der Waals surface area contributed by atoms with Crippen molar-refractivity contribution >= 4 is 29.2 Å². The molecular formula is C36H54N4O6. The summed E-state index contributed by atoms with van der Waals surface area (Å²) in [6.07, 6.45) is 10.1. The van der Waals surface area contributed by atoms with E-state index in [0.29, 0.717) is 25.8 Å². The van der Waals surface area contributed by atoms with Gasteiger partial charge in [0.25, 0.3) is 0 Å². The van der Waals surface area contributed by atoms with Gasteiger partial charge in [-0.3, -0.25) is 29.0 Å². The average molecular weight is 639 g/mol. The predicted molar refractivity (Wildman–Crippen MR) is 175 cm³/mol. The number of ketones is 3. The van der Waals surface area contributed by atoms with Crippen LogP contribution in [0.3, 0.4) is 0 Å². The lowest BCUT2D eigenvalue weighted by Crippen LogP contribution is -2.56. The third kappa shape index (κ3) is 9.17. The molecule has 0 spiro atoms. The highest BCUT2D eigenvalue weighted by Gasteiger charge is 2.50. The Morgan fingerprint density at radius 2 is 1.72 bits per heavy atom. The maximum absolute atomic E-state index is 14.3. The Balaban J connectivity index is 1.80. The normalized spacial score (nSPS) is 22.3. The number of Topliss-reactive ketones (excluding diaryl/α,β-unsaturated/α-hetero) is 3. The first-order valence-electron chi connectivity index (χ1n) is 17.1. The first-order chi connectivity index (χ1) is 21.8. The number of hydrogen-bond acceptors (Lipinski definition) is 8. The molecule has 1 aliphatic heterocycles. The molecule has 46 heavy (non-hydrogen) atoms. The lowest BCUT2D eigenvalue weighted by atomic mass is 9.82. The summed E-state index contributed by atoms with van der Waals surface area (Å²) < 4.78 is 0. The Bertz CT molecular complexity index is 1250. The summed E-state index contributed by atoms with van der Waals surface area (Å²) in [5.74, 6) is -2.98. The second-order valence-corrected chi connectivity index (χ2v) is 14.1. The molecule has 0 aromatic carbocycles. The molecule has 1 aromatic heterocycles. The van der Waals surface area contributed by atoms with E-state index in [0.717, 1.165) is 6.42 Å². The number of likely N-dealkylation sites (tertiary alicyclic amines) is 1. The van der Waals surface area contributed by atoms with Crippen LogP contribution in [0.4, 0.5) is 0 Å². The monoisotopic (exact) mass is 638 g/mol. The van der Waals surface area contributed by atoms with Gasteiger partial charge in [0.15, 0.2) is 17.3 Å². The molecule has 3 unspecified atom stereocenters. The largest absolute Gasteiger partial charge is 0.385 e. The summed E-state index contributed by atoms with van der Waals surface area (Å²) in [6.45, 7) is 13.7. The summed E-state index contributed by atoms with van der Waals surface area (Å²) in [5.41, 5.74) is 0.184. The van der Waals surface area contributed by atoms with Crippen LogP contribution in [0.25, 0.3) is 0 Å². The van der Waals surface area contributed by atoms with Crippen molar-refractivity contribution in [3.8, 4) is 0 Å². The van der Waals surface area contributed by atoms with Gasteiger partial charge >= 0.3 is 0 Å². The van der Waals surface area contributed by atoms with E-state index in [2.05, 4.69) is 27.4 Å². The Morgan fingerprint density at radius 3 is 2.30 bits per heavy atom. The van der Waals surface area contributed by atoms with Gasteiger partial charge in [-0.15, -0.1) is 0 Å². The third-order valence-corrected chi connectivity index (χ3v) is 9.88. The fourth-order valence-corrected chi connectivity index (χ4v) is 6.82. The van der Waals surface area contributed by atoms with Gasteiger partial charge in [-0.05, 0) is 48.3 Å². The second-order valence-electron chi connectivity index (χ2n) is 14.1. The van der Waals surface area contributed by atoms with Gasteiger partial charge < -0.3 is 15.3 Å². The van der Waals surface area contributed by atoms with Crippen molar-refractivity contribution in [2.45, 2.75) is 112 Å². The van der Waals surface area contributed by atoms with E-state index in [1.54, 1.807) is 4.90 Å². The molecule has 1 aliphatic carbocycles. The number of nitrogens with one attached hydrogen (secondary N) is 1. The highest BCUT2D eigenvalue weighted by Crippen LogP contribution is 2.40. The van der Waals surface area contributed by atoms with Gasteiger partial charge in [-0.1, -0.05) is 73.5 Å². The van der Waals surface area contributed by atoms with Crippen LogP contribution in [0.5, 0.6) is 0 Å². The van der Waals surface area contributed by atoms with Crippen molar-refractivity contribution < 1.29 is 29.1 Å². The van der Waals surface area contributed by atoms with Crippen LogP contribution < -0.4 is 5.32 Å². The topological polar surface area (TPSA) is 147 Å². The minimum atomic E-state index is -1.22. The van der Waals surface area contributed by atoms with Gasteiger partial charge in [0.2, 0.25) is 11.8 Å². The first-order valence-corrected chi connectivity index (χ1v) is 17.1. The molecule has 3 rings (SSSR count). The molecule has 8 atom stereocenters. The summed E-state index contributed by atoms with van der Waals surface area (Å²) in [4.78, 5) is 77.4. The Kier molecular flexibility index (Phi) is 13.8. The van der Waals surface area contributed by atoms with E-state index in [9.17, 15) is 29.1 Å². The van der Waals surface area contributed by atoms with Crippen molar-refractivity contribution in [3.63, 3.8) is 0 Å². The number of aliphatic hydroxyl groups excluding tert-OH is 1. The van der Waals surface area contributed by atoms with Crippen molar-refractivity contribution in [3.05, 3.63) is 36.4 Å². The molecule has 1 saturated heterocycles. The van der Waals surface area contributed by atoms with Crippen LogP contribution in [0.1, 0.15) is 104 Å². The van der Waals surface area contributed by atoms with Gasteiger partial charge in [-0.25, -0.2) is 4.98 Å². The molecule has 1 aromatic rings. The van der Waals surface area contributed by atoms with Crippen molar-refractivity contribution in [2.75, 3.05) is 6.54 Å². The molecule has 0 bridgehead atoms. The number of aliphatic hydroxyl groups is 1. The van der Waals surface area contributed by atoms with Crippen LogP contribution in [-0.2, 0) is 19.2 Å². The maximum Gasteiger partial charge on any atom is 0.246 e. The highest BCUT2D eigenvalue weighted by molar-refractivity contribution is 5.98. The fourth-order valence-electron chi connectivity index (χ4n) is 6.82. The standard InChI is InChI=1S/C36H54N4O6/c1-8-11-24(34(44)31(43)16-23(7)9-2)17-30(42)33-26-13-10-12-25(26)20-40(33)36(46)32(22(5)6)39-35(45)27(21(3)4)18-29(41)28-19-37-14-15-38-28/h10,12,14-15,19,21-27,32-34,44H,8-9,11,13,16-18,20H2,1-7H3,(H,39,45)/t23-,24?,25+,26+,27+,32+,33?,34?/m1/s1. The number of carbonyl (C=O) groups excluding carboxylic acids is 5. The lowest BCUT2D eigenvalue weighted by Gasteiger charge is -2.34. The summed E-state index contributed by atoms with van der Waals surface area (Å²) >= 11 is 0. The lowest BCUT2D eigenvalue weighted by molar-refractivity contribution is -0.144. The number of carbonyl (C=O) groups is 5. The zero-order valence-electron chi connectivity index (χ0n) is 28.6. The van der Waals surface area contributed by atoms with Crippen LogP contribution in [0.2, 0.25) is 0 Å². The molecule has 10 nitrogen and oxygen atoms in total. The quantitative estimate of drug-likeness (QED) is 0.175. The molecule has 2 N–H and O–H groups in total. The number of aromatic nitrogens is 2. The predicted octanol–water partition coefficient (Wildman–Crippen LogP) is 4.61. The molecule has 0 radical (unpaired) electrons. The molecule has 2 heterocycles. The van der Waals surface area contributed by atoms with E-state index in [1.165, 1.54) is 18.6 Å². The van der Waals surface area contributed by atoms with Gasteiger partial charge in [0.05, 0.1) is 12.2 Å². The Labute approximate surface area is 274 Å². The summed E-state index contributed by atoms with van der Waals surface area (Å²) in [7, 11) is 0. The highest BCUT2D eigenvalue weighted by atomic mass is 16.3. The molecule has 10 heteroatoms. The van der Waals surface area contributed by atoms with Crippen LogP contribution in [0.15, 0.2) is 30.7 Å². The number of nitrogens with zero attached hydrogens (tertiary/aromatic N) is 3. The first kappa shape index (κ1) is 37.2. The van der Waals surface area contributed by atoms with Gasteiger partial charge in [-0.2, -0.15) is 0 Å². The van der Waals surface area contributed by atoms with Crippen LogP contribution in [-0.4, -0.2) is 73.9 Å². The molecular weight excluding hydrogens is 584 g/mol. The summed E-state index contributed by atoms with van der Waals surface area (Å²) in [6, 6.07) is -1.60. The third-order valence-electron chi connectivity index (χ3n) is 9.88. The van der Waals surface area contributed by atoms with Gasteiger partial charge in [0, 0.05) is 44.1 Å². The summed E-state index contributed by atoms with van der Waals surface area (Å²) in [5, 5.41) is 14.0. The minimum Gasteiger partial charge on any atom is -0.385 e. The van der Waals surface area contributed by atoms with Crippen LogP contribution in [0, 0.1) is 41.4 Å². The van der Waals surface area contributed by atoms with Crippen molar-refractivity contribution in [1.82, 2.24) is 20.2 Å². The molecule has 254 valence electrons. The van der Waals surface area contributed by atoms with E-state index in [-0.39, 0.29) is 77.8 Å². The zero-order chi connectivity index (χ0) is 34.1. The number of hydrogen-bond donors (Lipinski definition) is 2. The van der Waals surface area contributed by atoms with Crippen LogP contribution >= 0.6 is 0 Å². The van der Waals surface area contributed by atoms with E-state index < -0.39 is 35.9 Å². The number of amides is 2. The molecule has 2 amide bonds. The molecule has 1 fully saturated rings. The van der Waals surface area contributed by atoms with E-state index in [1.807, 2.05) is 48.5 Å². The number of allylic oxidation sites excluding steroid dienone is 1. The minimum absolute atomic E-state index is 0.0114. The van der Waals surface area contributed by atoms with Gasteiger partial charge in [0.1, 0.15) is 17.8 Å². The second kappa shape index (κ2) is 17.0.